The molecule has 1 amide bonds. The lowest BCUT2D eigenvalue weighted by molar-refractivity contribution is 0.0309. The van der Waals surface area contributed by atoms with Crippen LogP contribution in [-0.2, 0) is 4.74 Å². The zero-order valence-corrected chi connectivity index (χ0v) is 13.9. The zero-order chi connectivity index (χ0) is 16.8. The average Bonchev–Trinajstić information content (AvgIpc) is 2.52. The number of hydrogen-bond donors (Lipinski definition) is 2. The van der Waals surface area contributed by atoms with E-state index in [1.807, 2.05) is 0 Å². The molecule has 1 saturated heterocycles. The third-order valence-electron chi connectivity index (χ3n) is 3.93. The van der Waals surface area contributed by atoms with E-state index in [9.17, 15) is 14.3 Å². The van der Waals surface area contributed by atoms with Crippen molar-refractivity contribution in [2.75, 3.05) is 33.4 Å². The summed E-state index contributed by atoms with van der Waals surface area (Å²) in [5.74, 6) is -0.782. The standard InChI is InChI=1S/C16H22ClFN2O3/c1-23-10-13(21)9-20-6-4-12(5-7-20)19-16(22)11-2-3-15(18)14(17)8-11/h2-3,8,12-13,21H,4-7,9-10H2,1H3,(H,19,22). The lowest BCUT2D eigenvalue weighted by Gasteiger charge is -2.33. The van der Waals surface area contributed by atoms with E-state index in [0.717, 1.165) is 25.9 Å². The van der Waals surface area contributed by atoms with Crippen molar-refractivity contribution in [2.45, 2.75) is 25.0 Å². The van der Waals surface area contributed by atoms with Gasteiger partial charge in [0.25, 0.3) is 5.91 Å². The molecule has 1 unspecified atom stereocenters. The highest BCUT2D eigenvalue weighted by molar-refractivity contribution is 6.31. The number of rotatable bonds is 6. The van der Waals surface area contributed by atoms with Crippen molar-refractivity contribution in [3.8, 4) is 0 Å². The summed E-state index contributed by atoms with van der Waals surface area (Å²) < 4.78 is 18.0. The number of nitrogens with one attached hydrogen (secondary N) is 1. The van der Waals surface area contributed by atoms with Gasteiger partial charge in [-0.1, -0.05) is 11.6 Å². The molecule has 1 aromatic carbocycles. The van der Waals surface area contributed by atoms with Crippen LogP contribution in [0.1, 0.15) is 23.2 Å². The molecular formula is C16H22ClFN2O3. The Morgan fingerprint density at radius 1 is 1.52 bits per heavy atom. The Bertz CT molecular complexity index is 536. The van der Waals surface area contributed by atoms with Crippen LogP contribution >= 0.6 is 11.6 Å². The summed E-state index contributed by atoms with van der Waals surface area (Å²) >= 11 is 5.70. The van der Waals surface area contributed by atoms with Crippen molar-refractivity contribution >= 4 is 17.5 Å². The van der Waals surface area contributed by atoms with Gasteiger partial charge in [-0.05, 0) is 31.0 Å². The van der Waals surface area contributed by atoms with Gasteiger partial charge in [0.2, 0.25) is 0 Å². The second kappa shape index (κ2) is 8.59. The van der Waals surface area contributed by atoms with Gasteiger partial charge in [-0.15, -0.1) is 0 Å². The van der Waals surface area contributed by atoms with E-state index in [1.54, 1.807) is 7.11 Å². The number of hydrogen-bond acceptors (Lipinski definition) is 4. The van der Waals surface area contributed by atoms with Gasteiger partial charge in [-0.25, -0.2) is 4.39 Å². The Hall–Kier alpha value is -1.21. The normalized spacial score (nSPS) is 17.9. The van der Waals surface area contributed by atoms with Crippen LogP contribution in [0, 0.1) is 5.82 Å². The van der Waals surface area contributed by atoms with Crippen molar-refractivity contribution in [3.05, 3.63) is 34.6 Å². The highest BCUT2D eigenvalue weighted by Crippen LogP contribution is 2.17. The number of aliphatic hydroxyl groups is 1. The Morgan fingerprint density at radius 3 is 2.83 bits per heavy atom. The second-order valence-corrected chi connectivity index (χ2v) is 6.19. The maximum Gasteiger partial charge on any atom is 0.251 e. The highest BCUT2D eigenvalue weighted by Gasteiger charge is 2.22. The minimum absolute atomic E-state index is 0.0559. The minimum atomic E-state index is -0.536. The van der Waals surface area contributed by atoms with Crippen LogP contribution in [0.4, 0.5) is 4.39 Å². The first-order valence-electron chi connectivity index (χ1n) is 7.65. The van der Waals surface area contributed by atoms with Crippen molar-refractivity contribution in [2.24, 2.45) is 0 Å². The number of aliphatic hydroxyl groups excluding tert-OH is 1. The number of carbonyl (C=O) groups excluding carboxylic acids is 1. The molecule has 23 heavy (non-hydrogen) atoms. The van der Waals surface area contributed by atoms with Crippen LogP contribution in [0.15, 0.2) is 18.2 Å². The van der Waals surface area contributed by atoms with Crippen molar-refractivity contribution in [3.63, 3.8) is 0 Å². The van der Waals surface area contributed by atoms with E-state index in [2.05, 4.69) is 10.2 Å². The van der Waals surface area contributed by atoms with Crippen LogP contribution in [0.5, 0.6) is 0 Å². The smallest absolute Gasteiger partial charge is 0.251 e. The van der Waals surface area contributed by atoms with Crippen LogP contribution in [0.3, 0.4) is 0 Å². The van der Waals surface area contributed by atoms with Crippen molar-refractivity contribution in [1.29, 1.82) is 0 Å². The van der Waals surface area contributed by atoms with E-state index in [0.29, 0.717) is 18.7 Å². The molecule has 0 bridgehead atoms. The number of methoxy groups -OCH3 is 1. The molecule has 0 aromatic heterocycles. The van der Waals surface area contributed by atoms with Crippen LogP contribution in [-0.4, -0.2) is 61.4 Å². The van der Waals surface area contributed by atoms with Gasteiger partial charge in [0.05, 0.1) is 17.7 Å². The predicted molar refractivity (Wildman–Crippen MR) is 86.2 cm³/mol. The maximum atomic E-state index is 13.1. The molecule has 7 heteroatoms. The molecule has 2 N–H and O–H groups in total. The molecule has 128 valence electrons. The number of β-amino-alcohol motifs (C(OH)–C–C–N with tert-alkyl or cyclic N) is 1. The number of amides is 1. The van der Waals surface area contributed by atoms with Crippen LogP contribution in [0.2, 0.25) is 5.02 Å². The predicted octanol–water partition coefficient (Wildman–Crippen LogP) is 1.68. The molecule has 1 fully saturated rings. The molecule has 1 aromatic rings. The molecule has 0 radical (unpaired) electrons. The number of benzene rings is 1. The Morgan fingerprint density at radius 2 is 2.22 bits per heavy atom. The number of carbonyl (C=O) groups is 1. The maximum absolute atomic E-state index is 13.1. The number of likely N-dealkylation sites (tertiary alicyclic amines) is 1. The molecule has 5 nitrogen and oxygen atoms in total. The summed E-state index contributed by atoms with van der Waals surface area (Å²) in [5, 5.41) is 12.6. The minimum Gasteiger partial charge on any atom is -0.389 e. The van der Waals surface area contributed by atoms with E-state index >= 15 is 0 Å². The Labute approximate surface area is 140 Å². The number of nitrogens with zero attached hydrogens (tertiary/aromatic N) is 1. The van der Waals surface area contributed by atoms with E-state index in [4.69, 9.17) is 16.3 Å². The van der Waals surface area contributed by atoms with Gasteiger partial charge in [0, 0.05) is 38.3 Å². The molecule has 1 aliphatic rings. The quantitative estimate of drug-likeness (QED) is 0.824. The fourth-order valence-electron chi connectivity index (χ4n) is 2.71. The third kappa shape index (κ3) is 5.42. The summed E-state index contributed by atoms with van der Waals surface area (Å²) in [6, 6.07) is 4.02. The fourth-order valence-corrected chi connectivity index (χ4v) is 2.89. The summed E-state index contributed by atoms with van der Waals surface area (Å²) in [6.45, 7) is 2.50. The molecular weight excluding hydrogens is 323 g/mol. The van der Waals surface area contributed by atoms with Crippen molar-refractivity contribution < 1.29 is 19.0 Å². The zero-order valence-electron chi connectivity index (χ0n) is 13.1. The summed E-state index contributed by atoms with van der Waals surface area (Å²) in [5.41, 5.74) is 0.356. The lowest BCUT2D eigenvalue weighted by Crippen LogP contribution is -2.47. The highest BCUT2D eigenvalue weighted by atomic mass is 35.5. The van der Waals surface area contributed by atoms with Gasteiger partial charge in [0.1, 0.15) is 5.82 Å². The Balaban J connectivity index is 1.79. The molecule has 0 aliphatic carbocycles. The first-order chi connectivity index (χ1) is 11.0. The first kappa shape index (κ1) is 18.1. The SMILES string of the molecule is COCC(O)CN1CCC(NC(=O)c2ccc(F)c(Cl)c2)CC1. The van der Waals surface area contributed by atoms with E-state index < -0.39 is 11.9 Å². The summed E-state index contributed by atoms with van der Waals surface area (Å²) in [6.07, 6.45) is 1.12. The van der Waals surface area contributed by atoms with Gasteiger partial charge >= 0.3 is 0 Å². The second-order valence-electron chi connectivity index (χ2n) is 5.79. The van der Waals surface area contributed by atoms with Crippen molar-refractivity contribution in [1.82, 2.24) is 10.2 Å². The number of ether oxygens (including phenoxy) is 1. The average molecular weight is 345 g/mol. The molecule has 2 rings (SSSR count). The van der Waals surface area contributed by atoms with E-state index in [-0.39, 0.29) is 17.0 Å². The molecule has 1 aliphatic heterocycles. The number of halogens is 2. The summed E-state index contributed by atoms with van der Waals surface area (Å²) in [4.78, 5) is 14.3. The Kier molecular flexibility index (Phi) is 6.77. The molecule has 0 spiro atoms. The largest absolute Gasteiger partial charge is 0.389 e. The van der Waals surface area contributed by atoms with Gasteiger partial charge in [-0.3, -0.25) is 4.79 Å². The van der Waals surface area contributed by atoms with Gasteiger partial charge in [-0.2, -0.15) is 0 Å². The fraction of sp³-hybridized carbons (Fsp3) is 0.562. The van der Waals surface area contributed by atoms with Crippen LogP contribution < -0.4 is 5.32 Å². The number of piperidine rings is 1. The van der Waals surface area contributed by atoms with Gasteiger partial charge in [0.15, 0.2) is 0 Å². The molecule has 1 atom stereocenters. The third-order valence-corrected chi connectivity index (χ3v) is 4.22. The van der Waals surface area contributed by atoms with E-state index in [1.165, 1.54) is 18.2 Å². The molecule has 0 saturated carbocycles. The lowest BCUT2D eigenvalue weighted by atomic mass is 10.0. The topological polar surface area (TPSA) is 61.8 Å². The first-order valence-corrected chi connectivity index (χ1v) is 8.02. The summed E-state index contributed by atoms with van der Waals surface area (Å²) in [7, 11) is 1.56. The van der Waals surface area contributed by atoms with Gasteiger partial charge < -0.3 is 20.1 Å². The monoisotopic (exact) mass is 344 g/mol. The molecule has 1 heterocycles. The van der Waals surface area contributed by atoms with Crippen LogP contribution in [0.25, 0.3) is 0 Å².